The number of carbonyl (C=O) groups is 1. The lowest BCUT2D eigenvalue weighted by Crippen LogP contribution is -2.39. The van der Waals surface area contributed by atoms with Crippen LogP contribution in [0.15, 0.2) is 36.0 Å². The van der Waals surface area contributed by atoms with Crippen molar-refractivity contribution in [1.29, 1.82) is 5.26 Å². The third kappa shape index (κ3) is 3.85. The molecule has 0 heterocycles. The molecule has 1 N–H and O–H groups in total. The van der Waals surface area contributed by atoms with Crippen molar-refractivity contribution < 1.29 is 9.18 Å². The molecule has 0 saturated heterocycles. The number of rotatable bonds is 4. The fraction of sp³-hybridized carbons (Fsp3) is 0.412. The molecule has 0 bridgehead atoms. The summed E-state index contributed by atoms with van der Waals surface area (Å²) in [6.07, 6.45) is 6.65. The molecule has 0 atom stereocenters. The van der Waals surface area contributed by atoms with E-state index in [0.717, 1.165) is 25.7 Å². The van der Waals surface area contributed by atoms with Gasteiger partial charge in [0.05, 0.1) is 5.69 Å². The van der Waals surface area contributed by atoms with Gasteiger partial charge < -0.3 is 10.2 Å². The number of benzene rings is 1. The average Bonchev–Trinajstić information content (AvgIpc) is 2.56. The van der Waals surface area contributed by atoms with Crippen LogP contribution in [0.2, 0.25) is 0 Å². The third-order valence-electron chi connectivity index (χ3n) is 4.04. The maximum atomic E-state index is 13.5. The van der Waals surface area contributed by atoms with Crippen LogP contribution in [0, 0.1) is 17.1 Å². The number of nitrogens with one attached hydrogen (secondary N) is 1. The quantitative estimate of drug-likeness (QED) is 0.684. The number of amides is 1. The number of nitriles is 1. The number of hydrogen-bond donors (Lipinski definition) is 1. The molecular formula is C17H20FN3O. The van der Waals surface area contributed by atoms with Crippen molar-refractivity contribution in [3.63, 3.8) is 0 Å². The number of halogens is 1. The Morgan fingerprint density at radius 1 is 1.36 bits per heavy atom. The van der Waals surface area contributed by atoms with Gasteiger partial charge in [0.2, 0.25) is 0 Å². The highest BCUT2D eigenvalue weighted by Crippen LogP contribution is 2.22. The van der Waals surface area contributed by atoms with Crippen molar-refractivity contribution in [2.75, 3.05) is 12.4 Å². The van der Waals surface area contributed by atoms with Gasteiger partial charge in [-0.05, 0) is 25.0 Å². The van der Waals surface area contributed by atoms with Crippen molar-refractivity contribution in [3.05, 3.63) is 41.9 Å². The molecular weight excluding hydrogens is 281 g/mol. The molecule has 116 valence electrons. The Morgan fingerprint density at radius 2 is 2.05 bits per heavy atom. The van der Waals surface area contributed by atoms with Crippen LogP contribution in [-0.4, -0.2) is 23.9 Å². The monoisotopic (exact) mass is 301 g/mol. The molecule has 1 aliphatic carbocycles. The topological polar surface area (TPSA) is 56.1 Å². The van der Waals surface area contributed by atoms with Gasteiger partial charge in [-0.1, -0.05) is 31.4 Å². The smallest absolute Gasteiger partial charge is 0.266 e. The predicted octanol–water partition coefficient (Wildman–Crippen LogP) is 3.44. The molecule has 1 aliphatic rings. The Balaban J connectivity index is 2.06. The fourth-order valence-corrected chi connectivity index (χ4v) is 2.69. The van der Waals surface area contributed by atoms with Crippen molar-refractivity contribution in [2.24, 2.45) is 0 Å². The van der Waals surface area contributed by atoms with Gasteiger partial charge in [-0.2, -0.15) is 5.26 Å². The maximum Gasteiger partial charge on any atom is 0.266 e. The molecule has 1 saturated carbocycles. The summed E-state index contributed by atoms with van der Waals surface area (Å²) >= 11 is 0. The van der Waals surface area contributed by atoms with Gasteiger partial charge in [0, 0.05) is 19.3 Å². The van der Waals surface area contributed by atoms with Crippen LogP contribution in [0.1, 0.15) is 32.1 Å². The second-order valence-corrected chi connectivity index (χ2v) is 5.50. The zero-order valence-corrected chi connectivity index (χ0v) is 12.7. The van der Waals surface area contributed by atoms with E-state index >= 15 is 0 Å². The number of anilines is 1. The number of para-hydroxylation sites is 1. The van der Waals surface area contributed by atoms with E-state index in [1.165, 1.54) is 18.7 Å². The van der Waals surface area contributed by atoms with Crippen LogP contribution in [0.3, 0.4) is 0 Å². The van der Waals surface area contributed by atoms with E-state index in [1.807, 2.05) is 6.07 Å². The molecule has 4 nitrogen and oxygen atoms in total. The average molecular weight is 301 g/mol. The minimum Gasteiger partial charge on any atom is -0.358 e. The molecule has 1 amide bonds. The SMILES string of the molecule is CN(C(=O)/C(C#N)=C\Nc1ccccc1F)C1CCCCC1. The van der Waals surface area contributed by atoms with Crippen molar-refractivity contribution in [2.45, 2.75) is 38.1 Å². The molecule has 0 spiro atoms. The lowest BCUT2D eigenvalue weighted by Gasteiger charge is -2.31. The fourth-order valence-electron chi connectivity index (χ4n) is 2.69. The molecule has 0 radical (unpaired) electrons. The molecule has 22 heavy (non-hydrogen) atoms. The summed E-state index contributed by atoms with van der Waals surface area (Å²) in [7, 11) is 1.73. The van der Waals surface area contributed by atoms with E-state index < -0.39 is 5.82 Å². The van der Waals surface area contributed by atoms with E-state index in [2.05, 4.69) is 5.32 Å². The summed E-state index contributed by atoms with van der Waals surface area (Å²) in [5.41, 5.74) is 0.222. The summed E-state index contributed by atoms with van der Waals surface area (Å²) in [5, 5.41) is 11.9. The Hall–Kier alpha value is -2.35. The van der Waals surface area contributed by atoms with Crippen LogP contribution in [-0.2, 0) is 4.79 Å². The van der Waals surface area contributed by atoms with Crippen LogP contribution in [0.4, 0.5) is 10.1 Å². The summed E-state index contributed by atoms with van der Waals surface area (Å²) in [6.45, 7) is 0. The highest BCUT2D eigenvalue weighted by molar-refractivity contribution is 5.97. The van der Waals surface area contributed by atoms with Crippen molar-refractivity contribution >= 4 is 11.6 Å². The molecule has 5 heteroatoms. The Morgan fingerprint density at radius 3 is 2.68 bits per heavy atom. The maximum absolute atomic E-state index is 13.5. The van der Waals surface area contributed by atoms with Gasteiger partial charge in [-0.3, -0.25) is 4.79 Å². The first-order valence-electron chi connectivity index (χ1n) is 7.52. The number of nitrogens with zero attached hydrogens (tertiary/aromatic N) is 2. The number of carbonyl (C=O) groups excluding carboxylic acids is 1. The molecule has 2 rings (SSSR count). The number of hydrogen-bond acceptors (Lipinski definition) is 3. The van der Waals surface area contributed by atoms with E-state index in [-0.39, 0.29) is 23.2 Å². The Bertz CT molecular complexity index is 600. The zero-order valence-electron chi connectivity index (χ0n) is 12.7. The van der Waals surface area contributed by atoms with E-state index in [4.69, 9.17) is 0 Å². The van der Waals surface area contributed by atoms with Crippen molar-refractivity contribution in [3.8, 4) is 6.07 Å². The first kappa shape index (κ1) is 16.0. The van der Waals surface area contributed by atoms with Crippen LogP contribution in [0.5, 0.6) is 0 Å². The molecule has 1 aromatic rings. The highest BCUT2D eigenvalue weighted by Gasteiger charge is 2.24. The van der Waals surface area contributed by atoms with Gasteiger partial charge in [-0.15, -0.1) is 0 Å². The van der Waals surface area contributed by atoms with Crippen LogP contribution in [0.25, 0.3) is 0 Å². The summed E-state index contributed by atoms with van der Waals surface area (Å²) < 4.78 is 13.5. The van der Waals surface area contributed by atoms with Gasteiger partial charge >= 0.3 is 0 Å². The normalized spacial score (nSPS) is 16.0. The molecule has 1 aromatic carbocycles. The second kappa shape index (κ2) is 7.60. The largest absolute Gasteiger partial charge is 0.358 e. The first-order chi connectivity index (χ1) is 10.6. The third-order valence-corrected chi connectivity index (χ3v) is 4.04. The summed E-state index contributed by atoms with van der Waals surface area (Å²) in [6, 6.07) is 8.22. The van der Waals surface area contributed by atoms with E-state index in [1.54, 1.807) is 30.1 Å². The molecule has 0 unspecified atom stereocenters. The standard InChI is InChI=1S/C17H20FN3O/c1-21(14-7-3-2-4-8-14)17(22)13(11-19)12-20-16-10-6-5-9-15(16)18/h5-6,9-10,12,14,20H,2-4,7-8H2,1H3/b13-12-. The van der Waals surface area contributed by atoms with Crippen molar-refractivity contribution in [1.82, 2.24) is 4.90 Å². The lowest BCUT2D eigenvalue weighted by molar-refractivity contribution is -0.128. The van der Waals surface area contributed by atoms with Gasteiger partial charge in [-0.25, -0.2) is 4.39 Å². The van der Waals surface area contributed by atoms with E-state index in [9.17, 15) is 14.4 Å². The van der Waals surface area contributed by atoms with Gasteiger partial charge in [0.25, 0.3) is 5.91 Å². The predicted molar refractivity (Wildman–Crippen MR) is 83.4 cm³/mol. The highest BCUT2D eigenvalue weighted by atomic mass is 19.1. The minimum absolute atomic E-state index is 0.0173. The molecule has 0 aromatic heterocycles. The summed E-state index contributed by atoms with van der Waals surface area (Å²) in [5.74, 6) is -0.748. The van der Waals surface area contributed by atoms with Crippen LogP contribution >= 0.6 is 0 Å². The lowest BCUT2D eigenvalue weighted by atomic mass is 9.94. The minimum atomic E-state index is -0.427. The van der Waals surface area contributed by atoms with Gasteiger partial charge in [0.1, 0.15) is 17.5 Å². The summed E-state index contributed by atoms with van der Waals surface area (Å²) in [4.78, 5) is 14.0. The van der Waals surface area contributed by atoms with Crippen LogP contribution < -0.4 is 5.32 Å². The molecule has 1 fully saturated rings. The number of likely N-dealkylation sites (N-methyl/N-ethyl adjacent to an activating group) is 1. The Labute approximate surface area is 130 Å². The van der Waals surface area contributed by atoms with E-state index in [0.29, 0.717) is 0 Å². The Kier molecular flexibility index (Phi) is 5.54. The van der Waals surface area contributed by atoms with Gasteiger partial charge in [0.15, 0.2) is 0 Å². The zero-order chi connectivity index (χ0) is 15.9. The first-order valence-corrected chi connectivity index (χ1v) is 7.52. The second-order valence-electron chi connectivity index (χ2n) is 5.50. The molecule has 0 aliphatic heterocycles.